The molecule has 2 rings (SSSR count). The van der Waals surface area contributed by atoms with Crippen molar-refractivity contribution >= 4 is 11.6 Å². The molecule has 0 aromatic carbocycles. The van der Waals surface area contributed by atoms with Gasteiger partial charge < -0.3 is 0 Å². The van der Waals surface area contributed by atoms with Crippen LogP contribution < -0.4 is 0 Å². The standard InChI is InChI=1S/C10H7ClN4/c1-7-5-15(6-13-7)10-3-8(4-12)2-9(11)14-10/h2-3,5-6H,1H3. The van der Waals surface area contributed by atoms with Crippen molar-refractivity contribution in [2.75, 3.05) is 0 Å². The maximum atomic E-state index is 8.78. The average Bonchev–Trinajstić information content (AvgIpc) is 2.64. The lowest BCUT2D eigenvalue weighted by molar-refractivity contribution is 0.991. The van der Waals surface area contributed by atoms with Gasteiger partial charge in [0.2, 0.25) is 0 Å². The summed E-state index contributed by atoms with van der Waals surface area (Å²) in [7, 11) is 0. The molecule has 74 valence electrons. The molecule has 0 amide bonds. The molecule has 0 aliphatic carbocycles. The van der Waals surface area contributed by atoms with Crippen molar-refractivity contribution in [3.63, 3.8) is 0 Å². The molecular weight excluding hydrogens is 212 g/mol. The van der Waals surface area contributed by atoms with Crippen LogP contribution in [0.25, 0.3) is 5.82 Å². The van der Waals surface area contributed by atoms with Crippen molar-refractivity contribution in [2.45, 2.75) is 6.92 Å². The summed E-state index contributed by atoms with van der Waals surface area (Å²) < 4.78 is 1.72. The number of imidazole rings is 1. The minimum absolute atomic E-state index is 0.301. The molecule has 2 aromatic rings. The summed E-state index contributed by atoms with van der Waals surface area (Å²) in [6.45, 7) is 1.88. The number of halogens is 1. The van der Waals surface area contributed by atoms with Crippen LogP contribution in [0.15, 0.2) is 24.7 Å². The predicted octanol–water partition coefficient (Wildman–Crippen LogP) is 2.10. The number of nitrogens with zero attached hydrogens (tertiary/aromatic N) is 4. The van der Waals surface area contributed by atoms with Crippen LogP contribution in [0.4, 0.5) is 0 Å². The Morgan fingerprint density at radius 1 is 1.47 bits per heavy atom. The zero-order chi connectivity index (χ0) is 10.8. The summed E-state index contributed by atoms with van der Waals surface area (Å²) in [5.74, 6) is 0.597. The first-order chi connectivity index (χ1) is 7.19. The Bertz CT molecular complexity index is 539. The highest BCUT2D eigenvalue weighted by atomic mass is 35.5. The van der Waals surface area contributed by atoms with E-state index in [9.17, 15) is 0 Å². The van der Waals surface area contributed by atoms with Gasteiger partial charge in [0, 0.05) is 6.20 Å². The number of nitriles is 1. The summed E-state index contributed by atoms with van der Waals surface area (Å²) in [5, 5.41) is 9.08. The Kier molecular flexibility index (Phi) is 2.40. The topological polar surface area (TPSA) is 54.5 Å². The monoisotopic (exact) mass is 218 g/mol. The molecule has 5 heteroatoms. The first-order valence-electron chi connectivity index (χ1n) is 4.27. The fraction of sp³-hybridized carbons (Fsp3) is 0.100. The highest BCUT2D eigenvalue weighted by Gasteiger charge is 2.03. The van der Waals surface area contributed by atoms with Gasteiger partial charge in [0.1, 0.15) is 17.3 Å². The van der Waals surface area contributed by atoms with Gasteiger partial charge in [0.25, 0.3) is 0 Å². The smallest absolute Gasteiger partial charge is 0.140 e. The highest BCUT2D eigenvalue weighted by molar-refractivity contribution is 6.29. The fourth-order valence-electron chi connectivity index (χ4n) is 1.23. The average molecular weight is 219 g/mol. The third-order valence-corrected chi connectivity index (χ3v) is 2.08. The first kappa shape index (κ1) is 9.69. The summed E-state index contributed by atoms with van der Waals surface area (Å²) in [6, 6.07) is 5.21. The van der Waals surface area contributed by atoms with Crippen LogP contribution in [0.5, 0.6) is 0 Å². The van der Waals surface area contributed by atoms with Crippen molar-refractivity contribution in [2.24, 2.45) is 0 Å². The van der Waals surface area contributed by atoms with Gasteiger partial charge >= 0.3 is 0 Å². The molecule has 0 atom stereocenters. The largest absolute Gasteiger partial charge is 0.290 e. The molecule has 0 N–H and O–H groups in total. The molecule has 2 aromatic heterocycles. The van der Waals surface area contributed by atoms with E-state index >= 15 is 0 Å². The van der Waals surface area contributed by atoms with E-state index in [0.29, 0.717) is 16.5 Å². The Morgan fingerprint density at radius 3 is 2.87 bits per heavy atom. The second-order valence-electron chi connectivity index (χ2n) is 3.07. The van der Waals surface area contributed by atoms with E-state index in [4.69, 9.17) is 16.9 Å². The van der Waals surface area contributed by atoms with Crippen LogP contribution >= 0.6 is 11.6 Å². The van der Waals surface area contributed by atoms with Crippen LogP contribution in [0, 0.1) is 18.3 Å². The number of pyridine rings is 1. The molecule has 0 radical (unpaired) electrons. The summed E-state index contributed by atoms with van der Waals surface area (Å²) in [5.41, 5.74) is 1.37. The van der Waals surface area contributed by atoms with Gasteiger partial charge in [-0.05, 0) is 19.1 Å². The molecular formula is C10H7ClN4. The summed E-state index contributed by atoms with van der Waals surface area (Å²) in [6.07, 6.45) is 3.45. The Morgan fingerprint density at radius 2 is 2.27 bits per heavy atom. The van der Waals surface area contributed by atoms with Gasteiger partial charge in [-0.1, -0.05) is 11.6 Å². The van der Waals surface area contributed by atoms with E-state index in [1.807, 2.05) is 19.2 Å². The minimum atomic E-state index is 0.301. The Balaban J connectivity index is 2.54. The Labute approximate surface area is 91.8 Å². The minimum Gasteiger partial charge on any atom is -0.290 e. The predicted molar refractivity (Wildman–Crippen MR) is 55.8 cm³/mol. The van der Waals surface area contributed by atoms with E-state index in [2.05, 4.69) is 9.97 Å². The molecule has 15 heavy (non-hydrogen) atoms. The lowest BCUT2D eigenvalue weighted by atomic mass is 10.3. The third-order valence-electron chi connectivity index (χ3n) is 1.89. The zero-order valence-corrected chi connectivity index (χ0v) is 8.73. The molecule has 0 aliphatic rings. The third kappa shape index (κ3) is 1.97. The molecule has 4 nitrogen and oxygen atoms in total. The van der Waals surface area contributed by atoms with Crippen LogP contribution in [0.3, 0.4) is 0 Å². The van der Waals surface area contributed by atoms with Crippen molar-refractivity contribution in [3.05, 3.63) is 41.1 Å². The van der Waals surface area contributed by atoms with E-state index in [-0.39, 0.29) is 0 Å². The quantitative estimate of drug-likeness (QED) is 0.689. The second kappa shape index (κ2) is 3.71. The van der Waals surface area contributed by atoms with Crippen molar-refractivity contribution in [3.8, 4) is 11.9 Å². The highest BCUT2D eigenvalue weighted by Crippen LogP contribution is 2.13. The lowest BCUT2D eigenvalue weighted by Gasteiger charge is -2.01. The number of rotatable bonds is 1. The number of hydrogen-bond acceptors (Lipinski definition) is 3. The van der Waals surface area contributed by atoms with Crippen LogP contribution in [0.2, 0.25) is 5.15 Å². The molecule has 0 unspecified atom stereocenters. The summed E-state index contributed by atoms with van der Waals surface area (Å²) in [4.78, 5) is 8.18. The fourth-order valence-corrected chi connectivity index (χ4v) is 1.43. The maximum Gasteiger partial charge on any atom is 0.140 e. The van der Waals surface area contributed by atoms with Gasteiger partial charge in [-0.2, -0.15) is 5.26 Å². The maximum absolute atomic E-state index is 8.78. The SMILES string of the molecule is Cc1cn(-c2cc(C#N)cc(Cl)n2)cn1. The number of aromatic nitrogens is 3. The van der Waals surface area contributed by atoms with Crippen LogP contribution in [-0.4, -0.2) is 14.5 Å². The molecule has 0 spiro atoms. The number of hydrogen-bond donors (Lipinski definition) is 0. The second-order valence-corrected chi connectivity index (χ2v) is 3.46. The van der Waals surface area contributed by atoms with E-state index in [1.165, 1.54) is 6.07 Å². The van der Waals surface area contributed by atoms with Crippen molar-refractivity contribution in [1.29, 1.82) is 5.26 Å². The van der Waals surface area contributed by atoms with Gasteiger partial charge in [-0.25, -0.2) is 9.97 Å². The van der Waals surface area contributed by atoms with Gasteiger partial charge in [0.05, 0.1) is 17.3 Å². The molecule has 0 aliphatic heterocycles. The van der Waals surface area contributed by atoms with Gasteiger partial charge in [-0.15, -0.1) is 0 Å². The van der Waals surface area contributed by atoms with Gasteiger partial charge in [0.15, 0.2) is 0 Å². The lowest BCUT2D eigenvalue weighted by Crippen LogP contribution is -1.95. The van der Waals surface area contributed by atoms with Crippen LogP contribution in [0.1, 0.15) is 11.3 Å². The van der Waals surface area contributed by atoms with Crippen LogP contribution in [-0.2, 0) is 0 Å². The van der Waals surface area contributed by atoms with E-state index < -0.39 is 0 Å². The van der Waals surface area contributed by atoms with E-state index in [0.717, 1.165) is 5.69 Å². The van der Waals surface area contributed by atoms with E-state index in [1.54, 1.807) is 17.0 Å². The van der Waals surface area contributed by atoms with Crippen molar-refractivity contribution < 1.29 is 0 Å². The molecule has 0 saturated carbocycles. The Hall–Kier alpha value is -1.86. The van der Waals surface area contributed by atoms with Crippen molar-refractivity contribution in [1.82, 2.24) is 14.5 Å². The normalized spacial score (nSPS) is 9.93. The number of aryl methyl sites for hydroxylation is 1. The first-order valence-corrected chi connectivity index (χ1v) is 4.65. The molecule has 0 fully saturated rings. The molecule has 2 heterocycles. The van der Waals surface area contributed by atoms with Gasteiger partial charge in [-0.3, -0.25) is 4.57 Å². The zero-order valence-electron chi connectivity index (χ0n) is 7.98. The molecule has 0 bridgehead atoms. The molecule has 0 saturated heterocycles. The summed E-state index contributed by atoms with van der Waals surface area (Å²) >= 11 is 5.79.